The maximum Gasteiger partial charge on any atom is 0.137 e. The van der Waals surface area contributed by atoms with Crippen molar-refractivity contribution in [1.82, 2.24) is 0 Å². The first-order chi connectivity index (χ1) is 7.18. The summed E-state index contributed by atoms with van der Waals surface area (Å²) in [5, 5.41) is 10.8. The fourth-order valence-electron chi connectivity index (χ4n) is 1.29. The van der Waals surface area contributed by atoms with Gasteiger partial charge < -0.3 is 9.52 Å². The van der Waals surface area contributed by atoms with Crippen LogP contribution in [0.1, 0.15) is 17.4 Å². The van der Waals surface area contributed by atoms with Gasteiger partial charge in [-0.15, -0.1) is 0 Å². The van der Waals surface area contributed by atoms with Gasteiger partial charge in [0, 0.05) is 0 Å². The van der Waals surface area contributed by atoms with Crippen molar-refractivity contribution in [3.05, 3.63) is 58.0 Å². The van der Waals surface area contributed by atoms with Gasteiger partial charge >= 0.3 is 0 Å². The molecule has 78 valence electrons. The van der Waals surface area contributed by atoms with E-state index in [2.05, 4.69) is 0 Å². The van der Waals surface area contributed by atoms with Crippen molar-refractivity contribution in [3.63, 3.8) is 0 Å². The molecule has 0 aliphatic heterocycles. The van der Waals surface area contributed by atoms with Crippen LogP contribution in [0.5, 0.6) is 0 Å². The summed E-state index contributed by atoms with van der Waals surface area (Å²) in [5.74, 6) is 0.480. The number of aliphatic hydroxyl groups is 1. The lowest BCUT2D eigenvalue weighted by atomic mass is 10.1. The highest BCUT2D eigenvalue weighted by Crippen LogP contribution is 2.28. The summed E-state index contributed by atoms with van der Waals surface area (Å²) in [5.41, 5.74) is 0.652. The van der Waals surface area contributed by atoms with Crippen LogP contribution in [0.15, 0.2) is 41.0 Å². The molecule has 0 aliphatic rings. The minimum atomic E-state index is -0.810. The second-order valence-corrected chi connectivity index (χ2v) is 3.91. The van der Waals surface area contributed by atoms with Gasteiger partial charge in [0.15, 0.2) is 0 Å². The summed E-state index contributed by atoms with van der Waals surface area (Å²) in [7, 11) is 0. The monoisotopic (exact) mass is 242 g/mol. The number of aliphatic hydroxyl groups excluding tert-OH is 1. The van der Waals surface area contributed by atoms with Gasteiger partial charge in [-0.05, 0) is 29.8 Å². The molecule has 0 radical (unpaired) electrons. The van der Waals surface area contributed by atoms with E-state index in [0.29, 0.717) is 21.4 Å². The minimum absolute atomic E-state index is 0.416. The second kappa shape index (κ2) is 4.27. The summed E-state index contributed by atoms with van der Waals surface area (Å²) >= 11 is 11.6. The van der Waals surface area contributed by atoms with Crippen molar-refractivity contribution in [2.24, 2.45) is 0 Å². The van der Waals surface area contributed by atoms with E-state index in [0.717, 1.165) is 0 Å². The number of hydrogen-bond donors (Lipinski definition) is 1. The third-order valence-electron chi connectivity index (χ3n) is 2.07. The van der Waals surface area contributed by atoms with Gasteiger partial charge in [-0.3, -0.25) is 0 Å². The van der Waals surface area contributed by atoms with Crippen molar-refractivity contribution in [2.45, 2.75) is 6.10 Å². The molecular weight excluding hydrogens is 235 g/mol. The molecule has 0 amide bonds. The molecule has 4 heteroatoms. The van der Waals surface area contributed by atoms with Gasteiger partial charge in [-0.1, -0.05) is 29.3 Å². The molecule has 0 bridgehead atoms. The van der Waals surface area contributed by atoms with Crippen LogP contribution in [0.4, 0.5) is 0 Å². The lowest BCUT2D eigenvalue weighted by Gasteiger charge is -2.08. The van der Waals surface area contributed by atoms with E-state index in [4.69, 9.17) is 27.6 Å². The minimum Gasteiger partial charge on any atom is -0.466 e. The van der Waals surface area contributed by atoms with Crippen molar-refractivity contribution < 1.29 is 9.52 Å². The Bertz CT molecular complexity index is 452. The summed E-state index contributed by atoms with van der Waals surface area (Å²) < 4.78 is 5.09. The van der Waals surface area contributed by atoms with Crippen molar-refractivity contribution in [3.8, 4) is 0 Å². The largest absolute Gasteiger partial charge is 0.466 e. The zero-order valence-electron chi connectivity index (χ0n) is 7.65. The van der Waals surface area contributed by atoms with Gasteiger partial charge in [-0.2, -0.15) is 0 Å². The van der Waals surface area contributed by atoms with Gasteiger partial charge in [0.25, 0.3) is 0 Å². The Kier molecular flexibility index (Phi) is 3.00. The smallest absolute Gasteiger partial charge is 0.137 e. The van der Waals surface area contributed by atoms with Crippen molar-refractivity contribution in [1.29, 1.82) is 0 Å². The molecule has 2 rings (SSSR count). The Hall–Kier alpha value is -0.960. The molecule has 1 heterocycles. The Morgan fingerprint density at radius 2 is 1.93 bits per heavy atom. The third kappa shape index (κ3) is 2.17. The predicted molar refractivity (Wildman–Crippen MR) is 59.2 cm³/mol. The molecule has 1 aromatic heterocycles. The molecule has 0 saturated carbocycles. The number of furan rings is 1. The average molecular weight is 243 g/mol. The number of rotatable bonds is 2. The van der Waals surface area contributed by atoms with Crippen LogP contribution in [0.2, 0.25) is 10.0 Å². The van der Waals surface area contributed by atoms with Crippen LogP contribution in [-0.4, -0.2) is 5.11 Å². The van der Waals surface area contributed by atoms with Gasteiger partial charge in [0.1, 0.15) is 11.9 Å². The molecule has 0 unspecified atom stereocenters. The molecule has 1 N–H and O–H groups in total. The highest BCUT2D eigenvalue weighted by Gasteiger charge is 2.13. The number of halogens is 2. The quantitative estimate of drug-likeness (QED) is 0.872. The first-order valence-electron chi connectivity index (χ1n) is 4.35. The Morgan fingerprint density at radius 1 is 1.13 bits per heavy atom. The maximum absolute atomic E-state index is 9.90. The molecule has 0 fully saturated rings. The van der Waals surface area contributed by atoms with E-state index < -0.39 is 6.10 Å². The molecular formula is C11H8Cl2O2. The third-order valence-corrected chi connectivity index (χ3v) is 2.81. The number of hydrogen-bond acceptors (Lipinski definition) is 2. The maximum atomic E-state index is 9.90. The summed E-state index contributed by atoms with van der Waals surface area (Å²) in [4.78, 5) is 0. The van der Waals surface area contributed by atoms with Crippen molar-refractivity contribution >= 4 is 23.2 Å². The molecule has 2 aromatic rings. The lowest BCUT2D eigenvalue weighted by molar-refractivity contribution is 0.189. The highest BCUT2D eigenvalue weighted by molar-refractivity contribution is 6.42. The number of benzene rings is 1. The van der Waals surface area contributed by atoms with Gasteiger partial charge in [0.05, 0.1) is 16.3 Å². The predicted octanol–water partition coefficient (Wildman–Crippen LogP) is 3.67. The van der Waals surface area contributed by atoms with Crippen LogP contribution in [-0.2, 0) is 0 Å². The van der Waals surface area contributed by atoms with Gasteiger partial charge in [-0.25, -0.2) is 0 Å². The Morgan fingerprint density at radius 3 is 2.53 bits per heavy atom. The average Bonchev–Trinajstić information content (AvgIpc) is 2.74. The first-order valence-corrected chi connectivity index (χ1v) is 5.10. The van der Waals surface area contributed by atoms with Crippen LogP contribution in [0.25, 0.3) is 0 Å². The fraction of sp³-hybridized carbons (Fsp3) is 0.0909. The standard InChI is InChI=1S/C11H8Cl2O2/c12-8-4-3-7(6-9(8)13)11(14)10-2-1-5-15-10/h1-6,11,14H/t11-/m0/s1. The van der Waals surface area contributed by atoms with Crippen LogP contribution in [0.3, 0.4) is 0 Å². The molecule has 2 nitrogen and oxygen atoms in total. The molecule has 1 aromatic carbocycles. The van der Waals surface area contributed by atoms with Crippen molar-refractivity contribution in [2.75, 3.05) is 0 Å². The van der Waals surface area contributed by atoms with E-state index in [-0.39, 0.29) is 0 Å². The Balaban J connectivity index is 2.34. The summed E-state index contributed by atoms with van der Waals surface area (Å²) in [6.07, 6.45) is 0.700. The van der Waals surface area contributed by atoms with Crippen LogP contribution in [0, 0.1) is 0 Å². The summed E-state index contributed by atoms with van der Waals surface area (Å²) in [6, 6.07) is 8.40. The normalized spacial score (nSPS) is 12.7. The SMILES string of the molecule is O[C@@H](c1ccc(Cl)c(Cl)c1)c1ccco1. The molecule has 0 saturated heterocycles. The van der Waals surface area contributed by atoms with E-state index >= 15 is 0 Å². The van der Waals surface area contributed by atoms with Gasteiger partial charge in [0.2, 0.25) is 0 Å². The fourth-order valence-corrected chi connectivity index (χ4v) is 1.60. The highest BCUT2D eigenvalue weighted by atomic mass is 35.5. The molecule has 0 spiro atoms. The Labute approximate surface area is 97.0 Å². The topological polar surface area (TPSA) is 33.4 Å². The zero-order chi connectivity index (χ0) is 10.8. The van der Waals surface area contributed by atoms with E-state index in [1.807, 2.05) is 0 Å². The summed E-state index contributed by atoms with van der Waals surface area (Å²) in [6.45, 7) is 0. The first kappa shape index (κ1) is 10.6. The zero-order valence-corrected chi connectivity index (χ0v) is 9.16. The van der Waals surface area contributed by atoms with E-state index in [9.17, 15) is 5.11 Å². The lowest BCUT2D eigenvalue weighted by Crippen LogP contribution is -1.97. The molecule has 0 aliphatic carbocycles. The van der Waals surface area contributed by atoms with Crippen LogP contribution < -0.4 is 0 Å². The van der Waals surface area contributed by atoms with E-state index in [1.165, 1.54) is 6.26 Å². The van der Waals surface area contributed by atoms with Crippen LogP contribution >= 0.6 is 23.2 Å². The van der Waals surface area contributed by atoms with E-state index in [1.54, 1.807) is 30.3 Å². The second-order valence-electron chi connectivity index (χ2n) is 3.09. The molecule has 15 heavy (non-hydrogen) atoms. The molecule has 1 atom stereocenters.